The first-order valence-corrected chi connectivity index (χ1v) is 9.74. The number of rotatable bonds is 8. The van der Waals surface area contributed by atoms with Gasteiger partial charge in [-0.2, -0.15) is 0 Å². The van der Waals surface area contributed by atoms with Crippen molar-refractivity contribution in [3.05, 3.63) is 59.9 Å². The molecule has 0 bridgehead atoms. The maximum absolute atomic E-state index is 13.3. The number of amides is 4. The van der Waals surface area contributed by atoms with E-state index in [9.17, 15) is 18.8 Å². The Morgan fingerprint density at radius 2 is 1.77 bits per heavy atom. The lowest BCUT2D eigenvalue weighted by molar-refractivity contribution is -0.127. The second-order valence-corrected chi connectivity index (χ2v) is 6.90. The second-order valence-electron chi connectivity index (χ2n) is 6.90. The van der Waals surface area contributed by atoms with Crippen molar-refractivity contribution in [3.63, 3.8) is 0 Å². The zero-order valence-electron chi connectivity index (χ0n) is 16.9. The molecule has 1 saturated heterocycles. The number of halogens is 1. The Hall–Kier alpha value is -3.42. The molecule has 1 heterocycles. The highest BCUT2D eigenvalue weighted by Gasteiger charge is 2.46. The summed E-state index contributed by atoms with van der Waals surface area (Å²) in [6.07, 6.45) is 0.380. The van der Waals surface area contributed by atoms with E-state index in [0.29, 0.717) is 13.0 Å². The van der Waals surface area contributed by atoms with E-state index in [1.165, 1.54) is 29.2 Å². The Morgan fingerprint density at radius 3 is 2.37 bits per heavy atom. The molecule has 0 spiro atoms. The third-order valence-electron chi connectivity index (χ3n) is 4.96. The molecule has 1 unspecified atom stereocenters. The summed E-state index contributed by atoms with van der Waals surface area (Å²) >= 11 is 0. The lowest BCUT2D eigenvalue weighted by Gasteiger charge is -2.21. The number of nitrogens with one attached hydrogen (secondary N) is 1. The van der Waals surface area contributed by atoms with E-state index in [1.807, 2.05) is 24.3 Å². The van der Waals surface area contributed by atoms with Gasteiger partial charge >= 0.3 is 6.03 Å². The van der Waals surface area contributed by atoms with Gasteiger partial charge in [-0.25, -0.2) is 14.1 Å². The van der Waals surface area contributed by atoms with Crippen molar-refractivity contribution in [1.29, 1.82) is 0 Å². The maximum atomic E-state index is 13.3. The normalized spacial score (nSPS) is 16.2. The molecule has 1 atom stereocenters. The molecule has 30 heavy (non-hydrogen) atoms. The Kier molecular flexibility index (Phi) is 6.66. The first-order valence-electron chi connectivity index (χ1n) is 9.74. The fourth-order valence-corrected chi connectivity index (χ4v) is 3.40. The monoisotopic (exact) mass is 413 g/mol. The van der Waals surface area contributed by atoms with Gasteiger partial charge in [0.05, 0.1) is 19.2 Å². The van der Waals surface area contributed by atoms with Gasteiger partial charge in [-0.3, -0.25) is 9.59 Å². The predicted octanol–water partition coefficient (Wildman–Crippen LogP) is 2.74. The highest BCUT2D eigenvalue weighted by atomic mass is 19.1. The fourth-order valence-electron chi connectivity index (χ4n) is 3.40. The number of anilines is 1. The van der Waals surface area contributed by atoms with Gasteiger partial charge in [0.15, 0.2) is 0 Å². The molecule has 1 fully saturated rings. The summed E-state index contributed by atoms with van der Waals surface area (Å²) in [5.74, 6) is -0.539. The number of imide groups is 1. The number of carbonyl (C=O) groups excluding carboxylic acids is 3. The lowest BCUT2D eigenvalue weighted by atomic mass is 10.1. The van der Waals surface area contributed by atoms with E-state index in [4.69, 9.17) is 4.74 Å². The van der Waals surface area contributed by atoms with Gasteiger partial charge in [-0.15, -0.1) is 0 Å². The third-order valence-corrected chi connectivity index (χ3v) is 4.96. The van der Waals surface area contributed by atoms with Crippen molar-refractivity contribution >= 4 is 23.5 Å². The molecule has 8 heteroatoms. The van der Waals surface area contributed by atoms with E-state index >= 15 is 0 Å². The van der Waals surface area contributed by atoms with E-state index in [0.717, 1.165) is 16.2 Å². The molecule has 3 rings (SSSR count). The van der Waals surface area contributed by atoms with Crippen LogP contribution in [-0.4, -0.2) is 49.0 Å². The van der Waals surface area contributed by atoms with Crippen molar-refractivity contribution in [2.75, 3.05) is 25.1 Å². The first-order chi connectivity index (χ1) is 14.4. The number of nitrogens with zero attached hydrogens (tertiary/aromatic N) is 2. The summed E-state index contributed by atoms with van der Waals surface area (Å²) in [5, 5.41) is 2.67. The van der Waals surface area contributed by atoms with Gasteiger partial charge in [0, 0.05) is 13.1 Å². The summed E-state index contributed by atoms with van der Waals surface area (Å²) in [5.41, 5.74) is 1.24. The summed E-state index contributed by atoms with van der Waals surface area (Å²) in [7, 11) is 1.58. The lowest BCUT2D eigenvalue weighted by Crippen LogP contribution is -2.40. The molecule has 1 aliphatic heterocycles. The molecule has 0 aromatic heterocycles. The Morgan fingerprint density at radius 1 is 1.10 bits per heavy atom. The number of hydrogen-bond donors (Lipinski definition) is 1. The highest BCUT2D eigenvalue weighted by Crippen LogP contribution is 2.27. The topological polar surface area (TPSA) is 79.0 Å². The average Bonchev–Trinajstić information content (AvgIpc) is 2.97. The summed E-state index contributed by atoms with van der Waals surface area (Å²) in [4.78, 5) is 40.6. The van der Waals surface area contributed by atoms with Crippen LogP contribution in [0.5, 0.6) is 5.75 Å². The molecule has 1 N–H and O–H groups in total. The molecular weight excluding hydrogens is 389 g/mol. The summed E-state index contributed by atoms with van der Waals surface area (Å²) < 4.78 is 18.4. The molecule has 0 saturated carbocycles. The van der Waals surface area contributed by atoms with E-state index in [1.54, 1.807) is 14.0 Å². The fraction of sp³-hybridized carbons (Fsp3) is 0.318. The van der Waals surface area contributed by atoms with Crippen LogP contribution in [0.25, 0.3) is 0 Å². The van der Waals surface area contributed by atoms with E-state index in [2.05, 4.69) is 5.32 Å². The van der Waals surface area contributed by atoms with Crippen molar-refractivity contribution in [2.24, 2.45) is 0 Å². The van der Waals surface area contributed by atoms with Crippen molar-refractivity contribution < 1.29 is 23.5 Å². The van der Waals surface area contributed by atoms with Crippen molar-refractivity contribution in [3.8, 4) is 5.75 Å². The van der Waals surface area contributed by atoms with Crippen LogP contribution in [0, 0.1) is 5.82 Å². The second kappa shape index (κ2) is 9.39. The zero-order valence-corrected chi connectivity index (χ0v) is 16.9. The zero-order chi connectivity index (χ0) is 21.7. The summed E-state index contributed by atoms with van der Waals surface area (Å²) in [6.45, 7) is 2.48. The smallest absolute Gasteiger partial charge is 0.332 e. The number of urea groups is 1. The van der Waals surface area contributed by atoms with Gasteiger partial charge in [-0.05, 0) is 55.3 Å². The average molecular weight is 413 g/mol. The molecule has 2 aromatic carbocycles. The molecule has 0 radical (unpaired) electrons. The Balaban J connectivity index is 1.82. The number of hydrogen-bond acceptors (Lipinski definition) is 4. The number of ether oxygens (including phenoxy) is 1. The van der Waals surface area contributed by atoms with Gasteiger partial charge in [0.25, 0.3) is 5.91 Å². The number of carbonyl (C=O) groups is 3. The molecule has 7 nitrogen and oxygen atoms in total. The largest absolute Gasteiger partial charge is 0.497 e. The van der Waals surface area contributed by atoms with Gasteiger partial charge in [-0.1, -0.05) is 12.1 Å². The predicted molar refractivity (Wildman–Crippen MR) is 110 cm³/mol. The molecule has 4 amide bonds. The standard InChI is InChI=1S/C22H24FN3O4/c1-3-24-20(27)14-19-21(28)26(17-8-6-16(23)7-9-17)22(29)25(19)13-12-15-4-10-18(30-2)11-5-15/h4-11,19H,3,12-14H2,1-2H3,(H,24,27). The van der Waals surface area contributed by atoms with Gasteiger partial charge < -0.3 is 15.0 Å². The summed E-state index contributed by atoms with van der Waals surface area (Å²) in [6, 6.07) is 11.1. The number of methoxy groups -OCH3 is 1. The SMILES string of the molecule is CCNC(=O)CC1C(=O)N(c2ccc(F)cc2)C(=O)N1CCc1ccc(OC)cc1. The van der Waals surface area contributed by atoms with Gasteiger partial charge in [0.1, 0.15) is 17.6 Å². The molecule has 0 aliphatic carbocycles. The minimum atomic E-state index is -0.910. The minimum absolute atomic E-state index is 0.126. The van der Waals surface area contributed by atoms with Crippen molar-refractivity contribution in [2.45, 2.75) is 25.8 Å². The Bertz CT molecular complexity index is 915. The molecular formula is C22H24FN3O4. The van der Waals surface area contributed by atoms with Crippen LogP contribution >= 0.6 is 0 Å². The van der Waals surface area contributed by atoms with Crippen LogP contribution in [0.4, 0.5) is 14.9 Å². The van der Waals surface area contributed by atoms with Crippen LogP contribution in [0.3, 0.4) is 0 Å². The minimum Gasteiger partial charge on any atom is -0.497 e. The molecule has 1 aliphatic rings. The van der Waals surface area contributed by atoms with Crippen LogP contribution in [-0.2, 0) is 16.0 Å². The van der Waals surface area contributed by atoms with Crippen LogP contribution in [0.1, 0.15) is 18.9 Å². The van der Waals surface area contributed by atoms with E-state index < -0.39 is 23.8 Å². The quantitative estimate of drug-likeness (QED) is 0.675. The number of benzene rings is 2. The van der Waals surface area contributed by atoms with Crippen LogP contribution in [0.15, 0.2) is 48.5 Å². The van der Waals surface area contributed by atoms with Crippen LogP contribution in [0.2, 0.25) is 0 Å². The maximum Gasteiger partial charge on any atom is 0.332 e. The first kappa shape index (κ1) is 21.3. The van der Waals surface area contributed by atoms with Crippen LogP contribution < -0.4 is 15.0 Å². The highest BCUT2D eigenvalue weighted by molar-refractivity contribution is 6.22. The van der Waals surface area contributed by atoms with Gasteiger partial charge in [0.2, 0.25) is 5.91 Å². The Labute approximate surface area is 174 Å². The molecule has 2 aromatic rings. The third kappa shape index (κ3) is 4.59. The van der Waals surface area contributed by atoms with Crippen molar-refractivity contribution in [1.82, 2.24) is 10.2 Å². The van der Waals surface area contributed by atoms with E-state index in [-0.39, 0.29) is 24.6 Å². The molecule has 158 valence electrons.